The molecule has 2 aromatic carbocycles. The van der Waals surface area contributed by atoms with E-state index in [1.54, 1.807) is 31.4 Å². The van der Waals surface area contributed by atoms with Crippen LogP contribution in [0, 0.1) is 0 Å². The van der Waals surface area contributed by atoms with E-state index in [-0.39, 0.29) is 0 Å². The first-order valence-electron chi connectivity index (χ1n) is 8.03. The lowest BCUT2D eigenvalue weighted by Gasteiger charge is -2.16. The zero-order valence-corrected chi connectivity index (χ0v) is 15.7. The lowest BCUT2D eigenvalue weighted by atomic mass is 9.94. The Kier molecular flexibility index (Phi) is 6.49. The molecule has 1 N–H and O–H groups in total. The number of methoxy groups -OCH3 is 4. The van der Waals surface area contributed by atoms with Gasteiger partial charge in [-0.1, -0.05) is 12.6 Å². The molecular weight excluding hydrogens is 348 g/mol. The number of carboxylic acid groups (broad SMARTS) is 1. The second-order valence-electron chi connectivity index (χ2n) is 5.52. The average molecular weight is 370 g/mol. The molecule has 0 heterocycles. The number of benzene rings is 2. The van der Waals surface area contributed by atoms with Crippen LogP contribution in [0.1, 0.15) is 16.7 Å². The summed E-state index contributed by atoms with van der Waals surface area (Å²) < 4.78 is 21.4. The Bertz CT molecular complexity index is 857. The number of hydrogen-bond donors (Lipinski definition) is 1. The Labute approximate surface area is 158 Å². The van der Waals surface area contributed by atoms with Gasteiger partial charge in [-0.2, -0.15) is 0 Å². The van der Waals surface area contributed by atoms with Crippen molar-refractivity contribution in [3.05, 3.63) is 59.7 Å². The first-order valence-corrected chi connectivity index (χ1v) is 8.03. The number of carboxylic acids is 1. The van der Waals surface area contributed by atoms with Gasteiger partial charge in [0.1, 0.15) is 5.75 Å². The zero-order chi connectivity index (χ0) is 20.0. The van der Waals surface area contributed by atoms with Crippen molar-refractivity contribution in [2.24, 2.45) is 0 Å². The predicted molar refractivity (Wildman–Crippen MR) is 104 cm³/mol. The number of ether oxygens (including phenoxy) is 4. The van der Waals surface area contributed by atoms with Crippen molar-refractivity contribution in [2.45, 2.75) is 0 Å². The summed E-state index contributed by atoms with van der Waals surface area (Å²) >= 11 is 0. The fourth-order valence-electron chi connectivity index (χ4n) is 2.65. The van der Waals surface area contributed by atoms with Gasteiger partial charge in [0.15, 0.2) is 11.5 Å². The van der Waals surface area contributed by atoms with Crippen molar-refractivity contribution in [3.63, 3.8) is 0 Å². The van der Waals surface area contributed by atoms with E-state index in [4.69, 9.17) is 24.1 Å². The topological polar surface area (TPSA) is 74.2 Å². The first kappa shape index (κ1) is 19.9. The minimum absolute atomic E-state index is 0.484. The van der Waals surface area contributed by atoms with E-state index in [1.807, 2.05) is 6.07 Å². The summed E-state index contributed by atoms with van der Waals surface area (Å²) in [5.41, 5.74) is 2.83. The molecule has 0 radical (unpaired) electrons. The third-order valence-electron chi connectivity index (χ3n) is 4.00. The standard InChI is InChI=1S/C21H22O6/c1-13(15-11-18(25-3)21(27-5)19(12-15)26-4)17-8-7-16(24-2)10-14(17)6-9-20(22)23/h6-12H,1H2,2-5H3,(H,22,23)/b9-6+. The molecule has 0 aliphatic heterocycles. The van der Waals surface area contributed by atoms with Crippen molar-refractivity contribution < 1.29 is 28.8 Å². The van der Waals surface area contributed by atoms with Gasteiger partial charge in [-0.25, -0.2) is 4.79 Å². The predicted octanol–water partition coefficient (Wildman–Crippen LogP) is 3.88. The summed E-state index contributed by atoms with van der Waals surface area (Å²) in [6.07, 6.45) is 2.57. The Morgan fingerprint density at radius 3 is 2.07 bits per heavy atom. The fourth-order valence-corrected chi connectivity index (χ4v) is 2.65. The monoisotopic (exact) mass is 370 g/mol. The van der Waals surface area contributed by atoms with Crippen molar-refractivity contribution in [1.29, 1.82) is 0 Å². The normalized spacial score (nSPS) is 10.5. The highest BCUT2D eigenvalue weighted by Gasteiger charge is 2.16. The Morgan fingerprint density at radius 2 is 1.59 bits per heavy atom. The van der Waals surface area contributed by atoms with E-state index in [1.165, 1.54) is 27.4 Å². The van der Waals surface area contributed by atoms with E-state index in [0.29, 0.717) is 34.1 Å². The minimum Gasteiger partial charge on any atom is -0.497 e. The minimum atomic E-state index is -1.04. The van der Waals surface area contributed by atoms with Crippen molar-refractivity contribution >= 4 is 17.6 Å². The van der Waals surface area contributed by atoms with E-state index in [2.05, 4.69) is 6.58 Å². The summed E-state index contributed by atoms with van der Waals surface area (Å²) in [7, 11) is 6.16. The quantitative estimate of drug-likeness (QED) is 0.711. The molecule has 0 aliphatic carbocycles. The fraction of sp³-hybridized carbons (Fsp3) is 0.190. The van der Waals surface area contributed by atoms with Crippen LogP contribution in [0.4, 0.5) is 0 Å². The van der Waals surface area contributed by atoms with Crippen molar-refractivity contribution in [1.82, 2.24) is 0 Å². The molecular formula is C21H22O6. The van der Waals surface area contributed by atoms with Gasteiger partial charge < -0.3 is 24.1 Å². The number of hydrogen-bond acceptors (Lipinski definition) is 5. The van der Waals surface area contributed by atoms with E-state index in [9.17, 15) is 4.79 Å². The Balaban J connectivity index is 2.59. The van der Waals surface area contributed by atoms with Crippen LogP contribution in [-0.2, 0) is 4.79 Å². The molecule has 0 atom stereocenters. The molecule has 6 heteroatoms. The van der Waals surface area contributed by atoms with E-state index in [0.717, 1.165) is 17.2 Å². The molecule has 0 saturated carbocycles. The first-order chi connectivity index (χ1) is 12.9. The SMILES string of the molecule is C=C(c1cc(OC)c(OC)c(OC)c1)c1ccc(OC)cc1/C=C/C(=O)O. The third-order valence-corrected chi connectivity index (χ3v) is 4.00. The maximum atomic E-state index is 10.9. The van der Waals surface area contributed by atoms with Crippen LogP contribution in [0.25, 0.3) is 11.6 Å². The summed E-state index contributed by atoms with van der Waals surface area (Å²) in [4.78, 5) is 10.9. The molecule has 142 valence electrons. The molecule has 0 aromatic heterocycles. The highest BCUT2D eigenvalue weighted by molar-refractivity contribution is 5.90. The molecule has 0 fully saturated rings. The molecule has 0 bridgehead atoms. The molecule has 0 unspecified atom stereocenters. The molecule has 2 aromatic rings. The van der Waals surface area contributed by atoms with Crippen molar-refractivity contribution in [2.75, 3.05) is 28.4 Å². The van der Waals surface area contributed by atoms with Gasteiger partial charge in [0.05, 0.1) is 28.4 Å². The van der Waals surface area contributed by atoms with Gasteiger partial charge >= 0.3 is 5.97 Å². The number of rotatable bonds is 8. The molecule has 0 aliphatic rings. The third kappa shape index (κ3) is 4.41. The van der Waals surface area contributed by atoms with E-state index >= 15 is 0 Å². The summed E-state index contributed by atoms with van der Waals surface area (Å²) in [6, 6.07) is 8.94. The van der Waals surface area contributed by atoms with Gasteiger partial charge in [-0.05, 0) is 52.6 Å². The largest absolute Gasteiger partial charge is 0.497 e. The summed E-state index contributed by atoms with van der Waals surface area (Å²) in [5.74, 6) is 1.06. The van der Waals surface area contributed by atoms with Crippen LogP contribution < -0.4 is 18.9 Å². The van der Waals surface area contributed by atoms with Crippen LogP contribution >= 0.6 is 0 Å². The number of aliphatic carboxylic acids is 1. The smallest absolute Gasteiger partial charge is 0.328 e. The van der Waals surface area contributed by atoms with Gasteiger partial charge in [0.2, 0.25) is 5.75 Å². The second-order valence-corrected chi connectivity index (χ2v) is 5.52. The molecule has 6 nitrogen and oxygen atoms in total. The Hall–Kier alpha value is -3.41. The van der Waals surface area contributed by atoms with Crippen LogP contribution in [0.2, 0.25) is 0 Å². The molecule has 0 amide bonds. The Morgan fingerprint density at radius 1 is 0.963 bits per heavy atom. The van der Waals surface area contributed by atoms with Crippen molar-refractivity contribution in [3.8, 4) is 23.0 Å². The van der Waals surface area contributed by atoms with Crippen LogP contribution in [0.5, 0.6) is 23.0 Å². The maximum absolute atomic E-state index is 10.9. The highest BCUT2D eigenvalue weighted by Crippen LogP contribution is 2.41. The van der Waals surface area contributed by atoms with Gasteiger partial charge in [-0.3, -0.25) is 0 Å². The molecule has 0 saturated heterocycles. The van der Waals surface area contributed by atoms with E-state index < -0.39 is 5.97 Å². The van der Waals surface area contributed by atoms with Crippen LogP contribution in [0.3, 0.4) is 0 Å². The highest BCUT2D eigenvalue weighted by atomic mass is 16.5. The molecule has 27 heavy (non-hydrogen) atoms. The van der Waals surface area contributed by atoms with Gasteiger partial charge in [0, 0.05) is 6.08 Å². The number of carbonyl (C=O) groups is 1. The van der Waals surface area contributed by atoms with Gasteiger partial charge in [0.25, 0.3) is 0 Å². The lowest BCUT2D eigenvalue weighted by Crippen LogP contribution is -1.98. The average Bonchev–Trinajstić information content (AvgIpc) is 2.70. The second kappa shape index (κ2) is 8.80. The molecule has 0 spiro atoms. The summed E-state index contributed by atoms with van der Waals surface area (Å²) in [6.45, 7) is 4.17. The van der Waals surface area contributed by atoms with Crippen LogP contribution in [-0.4, -0.2) is 39.5 Å². The van der Waals surface area contributed by atoms with Crippen LogP contribution in [0.15, 0.2) is 43.0 Å². The van der Waals surface area contributed by atoms with Gasteiger partial charge in [-0.15, -0.1) is 0 Å². The summed E-state index contributed by atoms with van der Waals surface area (Å²) in [5, 5.41) is 8.95. The maximum Gasteiger partial charge on any atom is 0.328 e. The zero-order valence-electron chi connectivity index (χ0n) is 15.7. The lowest BCUT2D eigenvalue weighted by molar-refractivity contribution is -0.131. The molecule has 2 rings (SSSR count).